The van der Waals surface area contributed by atoms with Gasteiger partial charge in [0.25, 0.3) is 0 Å². The average Bonchev–Trinajstić information content (AvgIpc) is 2.89. The van der Waals surface area contributed by atoms with Crippen molar-refractivity contribution in [2.45, 2.75) is 64.1 Å². The highest BCUT2D eigenvalue weighted by Crippen LogP contribution is 2.36. The maximum absolute atomic E-state index is 14.9. The van der Waals surface area contributed by atoms with E-state index in [1.807, 2.05) is 37.3 Å². The van der Waals surface area contributed by atoms with Crippen LogP contribution >= 0.6 is 0 Å². The number of benzene rings is 3. The lowest BCUT2D eigenvalue weighted by atomic mass is 9.82. The molecule has 0 aromatic heterocycles. The largest absolute Gasteiger partial charge is 0.381 e. The first-order chi connectivity index (χ1) is 17.0. The average molecular weight is 483 g/mol. The molecule has 0 heterocycles. The molecule has 35 heavy (non-hydrogen) atoms. The zero-order valence-electron chi connectivity index (χ0n) is 20.5. The van der Waals surface area contributed by atoms with Crippen LogP contribution in [0.3, 0.4) is 0 Å². The summed E-state index contributed by atoms with van der Waals surface area (Å²) in [5.74, 6) is -1.66. The van der Waals surface area contributed by atoms with Gasteiger partial charge in [-0.3, -0.25) is 0 Å². The fraction of sp³-hybridized carbons (Fsp3) is 0.400. The van der Waals surface area contributed by atoms with Crippen molar-refractivity contribution < 1.29 is 22.6 Å². The van der Waals surface area contributed by atoms with E-state index < -0.39 is 11.6 Å². The Morgan fingerprint density at radius 2 is 1.46 bits per heavy atom. The molecule has 3 aromatic carbocycles. The van der Waals surface area contributed by atoms with Crippen molar-refractivity contribution in [1.29, 1.82) is 0 Å². The summed E-state index contributed by atoms with van der Waals surface area (Å²) >= 11 is 0. The van der Waals surface area contributed by atoms with Gasteiger partial charge in [0.2, 0.25) is 0 Å². The van der Waals surface area contributed by atoms with Crippen molar-refractivity contribution in [2.75, 3.05) is 13.7 Å². The number of methoxy groups -OCH3 is 1. The lowest BCUT2D eigenvalue weighted by Crippen LogP contribution is -2.20. The Hall–Kier alpha value is -2.63. The smallest absolute Gasteiger partial charge is 0.162 e. The Bertz CT molecular complexity index is 1120. The summed E-state index contributed by atoms with van der Waals surface area (Å²) in [4.78, 5) is 0. The van der Waals surface area contributed by atoms with Crippen LogP contribution in [0.1, 0.15) is 60.8 Å². The van der Waals surface area contributed by atoms with Gasteiger partial charge in [-0.25, -0.2) is 13.2 Å². The third-order valence-corrected chi connectivity index (χ3v) is 7.12. The first kappa shape index (κ1) is 25.5. The zero-order chi connectivity index (χ0) is 24.8. The molecule has 1 saturated carbocycles. The first-order valence-electron chi connectivity index (χ1n) is 12.4. The minimum Gasteiger partial charge on any atom is -0.381 e. The lowest BCUT2D eigenvalue weighted by Gasteiger charge is -2.28. The SMILES string of the molecule is CCOCc1ccc(-c2ccc(CCc3ccc(C4CCC(OC)CC4)c(F)c3F)cc2)cc1F. The molecular weight excluding hydrogens is 449 g/mol. The van der Waals surface area contributed by atoms with Gasteiger partial charge < -0.3 is 9.47 Å². The predicted octanol–water partition coefficient (Wildman–Crippen LogP) is 7.77. The van der Waals surface area contributed by atoms with E-state index in [0.717, 1.165) is 42.4 Å². The minimum atomic E-state index is -0.726. The van der Waals surface area contributed by atoms with E-state index in [4.69, 9.17) is 9.47 Å². The van der Waals surface area contributed by atoms with Crippen molar-refractivity contribution in [2.24, 2.45) is 0 Å². The van der Waals surface area contributed by atoms with Gasteiger partial charge in [0.05, 0.1) is 12.7 Å². The molecule has 1 aliphatic carbocycles. The molecule has 0 bridgehead atoms. The van der Waals surface area contributed by atoms with Crippen molar-refractivity contribution in [3.05, 3.63) is 94.3 Å². The monoisotopic (exact) mass is 482 g/mol. The van der Waals surface area contributed by atoms with Gasteiger partial charge in [-0.2, -0.15) is 0 Å². The number of halogens is 3. The number of aryl methyl sites for hydroxylation is 2. The van der Waals surface area contributed by atoms with Crippen LogP contribution in [0.4, 0.5) is 13.2 Å². The van der Waals surface area contributed by atoms with Crippen molar-refractivity contribution in [1.82, 2.24) is 0 Å². The second-order valence-corrected chi connectivity index (χ2v) is 9.29. The quantitative estimate of drug-likeness (QED) is 0.310. The summed E-state index contributed by atoms with van der Waals surface area (Å²) in [5, 5.41) is 0. The van der Waals surface area contributed by atoms with Gasteiger partial charge in [-0.15, -0.1) is 0 Å². The molecule has 0 amide bonds. The maximum atomic E-state index is 14.9. The summed E-state index contributed by atoms with van der Waals surface area (Å²) in [7, 11) is 1.70. The molecule has 3 aromatic rings. The van der Waals surface area contributed by atoms with Crippen LogP contribution in [-0.4, -0.2) is 19.8 Å². The molecule has 0 atom stereocenters. The molecule has 0 N–H and O–H groups in total. The third kappa shape index (κ3) is 6.14. The highest BCUT2D eigenvalue weighted by molar-refractivity contribution is 5.64. The fourth-order valence-corrected chi connectivity index (χ4v) is 4.92. The summed E-state index contributed by atoms with van der Waals surface area (Å²) in [6.45, 7) is 2.68. The predicted molar refractivity (Wildman–Crippen MR) is 133 cm³/mol. The lowest BCUT2D eigenvalue weighted by molar-refractivity contribution is 0.0655. The maximum Gasteiger partial charge on any atom is 0.162 e. The van der Waals surface area contributed by atoms with E-state index in [1.54, 1.807) is 25.3 Å². The minimum absolute atomic E-state index is 0.0515. The van der Waals surface area contributed by atoms with Crippen molar-refractivity contribution in [3.63, 3.8) is 0 Å². The second-order valence-electron chi connectivity index (χ2n) is 9.29. The molecule has 2 nitrogen and oxygen atoms in total. The topological polar surface area (TPSA) is 18.5 Å². The van der Waals surface area contributed by atoms with E-state index in [9.17, 15) is 13.2 Å². The first-order valence-corrected chi connectivity index (χ1v) is 12.4. The van der Waals surface area contributed by atoms with E-state index in [-0.39, 0.29) is 24.4 Å². The van der Waals surface area contributed by atoms with Gasteiger partial charge in [0, 0.05) is 19.3 Å². The Morgan fingerprint density at radius 1 is 0.771 bits per heavy atom. The molecule has 0 radical (unpaired) electrons. The normalized spacial score (nSPS) is 18.1. The Balaban J connectivity index is 1.38. The number of rotatable bonds is 9. The van der Waals surface area contributed by atoms with Gasteiger partial charge in [-0.05, 0) is 85.3 Å². The standard InChI is InChI=1S/C30H33F3O2/c1-3-35-19-25-11-10-24(18-28(25)31)21-7-4-20(5-8-21)6-9-23-14-17-27(30(33)29(23)32)22-12-15-26(34-2)16-13-22/h4-5,7-8,10-11,14,17-18,22,26H,3,6,9,12-13,15-16,19H2,1-2H3. The molecular formula is C30H33F3O2. The third-order valence-electron chi connectivity index (χ3n) is 7.12. The van der Waals surface area contributed by atoms with Crippen LogP contribution in [0.25, 0.3) is 11.1 Å². The van der Waals surface area contributed by atoms with Gasteiger partial charge >= 0.3 is 0 Å². The van der Waals surface area contributed by atoms with Gasteiger partial charge in [-0.1, -0.05) is 48.5 Å². The Labute approximate surface area is 206 Å². The summed E-state index contributed by atoms with van der Waals surface area (Å²) < 4.78 is 54.8. The van der Waals surface area contributed by atoms with Crippen LogP contribution in [-0.2, 0) is 28.9 Å². The van der Waals surface area contributed by atoms with E-state index >= 15 is 0 Å². The van der Waals surface area contributed by atoms with E-state index in [0.29, 0.717) is 36.1 Å². The zero-order valence-corrected chi connectivity index (χ0v) is 20.5. The molecule has 1 aliphatic rings. The highest BCUT2D eigenvalue weighted by Gasteiger charge is 2.26. The number of hydrogen-bond acceptors (Lipinski definition) is 2. The summed E-state index contributed by atoms with van der Waals surface area (Å²) in [6, 6.07) is 16.4. The molecule has 1 fully saturated rings. The van der Waals surface area contributed by atoms with Crippen molar-refractivity contribution >= 4 is 0 Å². The van der Waals surface area contributed by atoms with Crippen LogP contribution in [0.2, 0.25) is 0 Å². The molecule has 4 rings (SSSR count). The fourth-order valence-electron chi connectivity index (χ4n) is 4.92. The van der Waals surface area contributed by atoms with Crippen molar-refractivity contribution in [3.8, 4) is 11.1 Å². The number of hydrogen-bond donors (Lipinski definition) is 0. The van der Waals surface area contributed by atoms with E-state index in [1.165, 1.54) is 6.07 Å². The van der Waals surface area contributed by atoms with Crippen LogP contribution in [0.5, 0.6) is 0 Å². The van der Waals surface area contributed by atoms with Gasteiger partial charge in [0.1, 0.15) is 5.82 Å². The molecule has 0 aliphatic heterocycles. The summed E-state index contributed by atoms with van der Waals surface area (Å²) in [6.07, 6.45) is 4.63. The molecule has 186 valence electrons. The summed E-state index contributed by atoms with van der Waals surface area (Å²) in [5.41, 5.74) is 4.13. The van der Waals surface area contributed by atoms with Crippen LogP contribution in [0.15, 0.2) is 54.6 Å². The number of ether oxygens (including phenoxy) is 2. The Kier molecular flexibility index (Phi) is 8.64. The Morgan fingerprint density at radius 3 is 2.11 bits per heavy atom. The van der Waals surface area contributed by atoms with Crippen LogP contribution in [0, 0.1) is 17.5 Å². The van der Waals surface area contributed by atoms with E-state index in [2.05, 4.69) is 0 Å². The van der Waals surface area contributed by atoms with Crippen LogP contribution < -0.4 is 0 Å². The molecule has 5 heteroatoms. The molecule has 0 saturated heterocycles. The highest BCUT2D eigenvalue weighted by atomic mass is 19.2. The molecule has 0 unspecified atom stereocenters. The molecule has 0 spiro atoms. The van der Waals surface area contributed by atoms with Gasteiger partial charge in [0.15, 0.2) is 11.6 Å². The second kappa shape index (κ2) is 11.9.